The predicted octanol–water partition coefficient (Wildman–Crippen LogP) is 4.19. The Morgan fingerprint density at radius 1 is 1.05 bits per heavy atom. The van der Waals surface area contributed by atoms with E-state index in [2.05, 4.69) is 24.4 Å². The molecule has 0 bridgehead atoms. The topological polar surface area (TPSA) is 30.5 Å². The molecular formula is C16H28ClNO2. The van der Waals surface area contributed by atoms with Gasteiger partial charge in [0.15, 0.2) is 11.5 Å². The maximum atomic E-state index is 5.58. The predicted molar refractivity (Wildman–Crippen MR) is 87.3 cm³/mol. The molecule has 0 amide bonds. The average molecular weight is 302 g/mol. The van der Waals surface area contributed by atoms with Crippen molar-refractivity contribution in [2.24, 2.45) is 0 Å². The van der Waals surface area contributed by atoms with Gasteiger partial charge in [-0.2, -0.15) is 0 Å². The highest BCUT2D eigenvalue weighted by Crippen LogP contribution is 2.27. The molecule has 0 fully saturated rings. The van der Waals surface area contributed by atoms with Gasteiger partial charge in [0.1, 0.15) is 0 Å². The number of hydrogen-bond donors (Lipinski definition) is 1. The van der Waals surface area contributed by atoms with Crippen molar-refractivity contribution in [3.63, 3.8) is 0 Å². The highest BCUT2D eigenvalue weighted by molar-refractivity contribution is 5.85. The summed E-state index contributed by atoms with van der Waals surface area (Å²) in [6, 6.07) is 6.11. The minimum Gasteiger partial charge on any atom is -0.493 e. The third-order valence-electron chi connectivity index (χ3n) is 3.06. The Balaban J connectivity index is 0.00000361. The summed E-state index contributed by atoms with van der Waals surface area (Å²) in [5, 5.41) is 3.47. The van der Waals surface area contributed by atoms with E-state index in [1.54, 1.807) is 7.11 Å². The van der Waals surface area contributed by atoms with E-state index in [-0.39, 0.29) is 12.4 Å². The van der Waals surface area contributed by atoms with Crippen LogP contribution >= 0.6 is 12.4 Å². The smallest absolute Gasteiger partial charge is 0.161 e. The number of hydrogen-bond acceptors (Lipinski definition) is 3. The van der Waals surface area contributed by atoms with Crippen molar-refractivity contribution in [3.8, 4) is 11.5 Å². The van der Waals surface area contributed by atoms with E-state index in [9.17, 15) is 0 Å². The molecule has 1 rings (SSSR count). The molecule has 0 saturated heterocycles. The van der Waals surface area contributed by atoms with E-state index >= 15 is 0 Å². The third kappa shape index (κ3) is 7.01. The van der Waals surface area contributed by atoms with Gasteiger partial charge in [0.2, 0.25) is 0 Å². The Hall–Kier alpha value is -0.930. The Kier molecular flexibility index (Phi) is 11.3. The molecule has 116 valence electrons. The molecule has 0 aliphatic heterocycles. The number of nitrogens with one attached hydrogen (secondary N) is 1. The molecular weight excluding hydrogens is 274 g/mol. The molecule has 1 aromatic carbocycles. The molecule has 0 saturated carbocycles. The van der Waals surface area contributed by atoms with Crippen molar-refractivity contribution < 1.29 is 9.47 Å². The van der Waals surface area contributed by atoms with Crippen LogP contribution < -0.4 is 14.8 Å². The van der Waals surface area contributed by atoms with Crippen LogP contribution in [0.2, 0.25) is 0 Å². The molecule has 0 spiro atoms. The summed E-state index contributed by atoms with van der Waals surface area (Å²) in [6.45, 7) is 6.84. The number of benzene rings is 1. The summed E-state index contributed by atoms with van der Waals surface area (Å²) >= 11 is 0. The number of ether oxygens (including phenoxy) is 2. The van der Waals surface area contributed by atoms with Gasteiger partial charge in [-0.1, -0.05) is 32.3 Å². The van der Waals surface area contributed by atoms with Gasteiger partial charge < -0.3 is 14.8 Å². The summed E-state index contributed by atoms with van der Waals surface area (Å²) < 4.78 is 10.9. The normalized spacial score (nSPS) is 9.95. The maximum absolute atomic E-state index is 5.58. The van der Waals surface area contributed by atoms with Gasteiger partial charge in [0.25, 0.3) is 0 Å². The fraction of sp³-hybridized carbons (Fsp3) is 0.625. The Morgan fingerprint density at radius 3 is 2.50 bits per heavy atom. The first-order valence-electron chi connectivity index (χ1n) is 7.32. The number of rotatable bonds is 10. The standard InChI is InChI=1S/C16H27NO2.ClH/c1-4-6-7-8-11-17-13-14-9-10-15(18-3)16(12-14)19-5-2;/h9-10,12,17H,4-8,11,13H2,1-3H3;1H. The van der Waals surface area contributed by atoms with Gasteiger partial charge in [0, 0.05) is 6.54 Å². The van der Waals surface area contributed by atoms with Gasteiger partial charge >= 0.3 is 0 Å². The van der Waals surface area contributed by atoms with Gasteiger partial charge in [-0.15, -0.1) is 12.4 Å². The lowest BCUT2D eigenvalue weighted by Gasteiger charge is -2.11. The molecule has 3 nitrogen and oxygen atoms in total. The lowest BCUT2D eigenvalue weighted by atomic mass is 10.2. The van der Waals surface area contributed by atoms with Crippen LogP contribution in [0.4, 0.5) is 0 Å². The Labute approximate surface area is 129 Å². The van der Waals surface area contributed by atoms with E-state index < -0.39 is 0 Å². The fourth-order valence-corrected chi connectivity index (χ4v) is 2.01. The summed E-state index contributed by atoms with van der Waals surface area (Å²) in [5.74, 6) is 1.63. The minimum absolute atomic E-state index is 0. The highest BCUT2D eigenvalue weighted by atomic mass is 35.5. The van der Waals surface area contributed by atoms with Crippen LogP contribution in [0.25, 0.3) is 0 Å². The van der Waals surface area contributed by atoms with Crippen LogP contribution in [0.3, 0.4) is 0 Å². The Bertz CT molecular complexity index is 358. The largest absolute Gasteiger partial charge is 0.493 e. The second-order valence-electron chi connectivity index (χ2n) is 4.66. The first-order valence-corrected chi connectivity index (χ1v) is 7.32. The Morgan fingerprint density at radius 2 is 1.85 bits per heavy atom. The zero-order chi connectivity index (χ0) is 13.9. The summed E-state index contributed by atoms with van der Waals surface area (Å²) in [6.07, 6.45) is 5.19. The third-order valence-corrected chi connectivity index (χ3v) is 3.06. The van der Waals surface area contributed by atoms with Crippen molar-refractivity contribution in [2.45, 2.75) is 46.1 Å². The SMILES string of the molecule is CCCCCCNCc1ccc(OC)c(OCC)c1.Cl. The second-order valence-corrected chi connectivity index (χ2v) is 4.66. The number of methoxy groups -OCH3 is 1. The first kappa shape index (κ1) is 19.1. The molecule has 0 radical (unpaired) electrons. The maximum Gasteiger partial charge on any atom is 0.161 e. The summed E-state index contributed by atoms with van der Waals surface area (Å²) in [5.41, 5.74) is 1.24. The fourth-order valence-electron chi connectivity index (χ4n) is 2.01. The molecule has 20 heavy (non-hydrogen) atoms. The summed E-state index contributed by atoms with van der Waals surface area (Å²) in [7, 11) is 1.67. The molecule has 0 unspecified atom stereocenters. The van der Waals surface area contributed by atoms with E-state index in [0.717, 1.165) is 24.6 Å². The van der Waals surface area contributed by atoms with Crippen molar-refractivity contribution >= 4 is 12.4 Å². The lowest BCUT2D eigenvalue weighted by Crippen LogP contribution is -2.14. The van der Waals surface area contributed by atoms with E-state index in [1.807, 2.05) is 13.0 Å². The molecule has 0 aromatic heterocycles. The molecule has 4 heteroatoms. The van der Waals surface area contributed by atoms with E-state index in [1.165, 1.54) is 31.2 Å². The minimum atomic E-state index is 0. The monoisotopic (exact) mass is 301 g/mol. The van der Waals surface area contributed by atoms with Crippen LogP contribution in [0, 0.1) is 0 Å². The molecule has 0 heterocycles. The van der Waals surface area contributed by atoms with Gasteiger partial charge in [-0.05, 0) is 37.6 Å². The second kappa shape index (κ2) is 11.9. The van der Waals surface area contributed by atoms with Gasteiger partial charge in [0.05, 0.1) is 13.7 Å². The van der Waals surface area contributed by atoms with Crippen molar-refractivity contribution in [2.75, 3.05) is 20.3 Å². The number of unbranched alkanes of at least 4 members (excludes halogenated alkanes) is 3. The molecule has 0 aliphatic rings. The van der Waals surface area contributed by atoms with Gasteiger partial charge in [-0.25, -0.2) is 0 Å². The molecule has 0 aliphatic carbocycles. The zero-order valence-corrected chi connectivity index (χ0v) is 13.7. The van der Waals surface area contributed by atoms with Crippen LogP contribution in [-0.2, 0) is 6.54 Å². The van der Waals surface area contributed by atoms with E-state index in [4.69, 9.17) is 9.47 Å². The average Bonchev–Trinajstić information content (AvgIpc) is 2.43. The van der Waals surface area contributed by atoms with Crippen molar-refractivity contribution in [1.82, 2.24) is 5.32 Å². The van der Waals surface area contributed by atoms with Crippen LogP contribution in [0.1, 0.15) is 45.1 Å². The molecule has 0 atom stereocenters. The van der Waals surface area contributed by atoms with Crippen LogP contribution in [-0.4, -0.2) is 20.3 Å². The molecule has 1 N–H and O–H groups in total. The van der Waals surface area contributed by atoms with Crippen LogP contribution in [0.5, 0.6) is 11.5 Å². The zero-order valence-electron chi connectivity index (χ0n) is 12.9. The quantitative estimate of drug-likeness (QED) is 0.657. The number of halogens is 1. The highest BCUT2D eigenvalue weighted by Gasteiger charge is 2.04. The summed E-state index contributed by atoms with van der Waals surface area (Å²) in [4.78, 5) is 0. The lowest BCUT2D eigenvalue weighted by molar-refractivity contribution is 0.310. The van der Waals surface area contributed by atoms with E-state index in [0.29, 0.717) is 6.61 Å². The van der Waals surface area contributed by atoms with Crippen LogP contribution in [0.15, 0.2) is 18.2 Å². The first-order chi connectivity index (χ1) is 9.31. The molecule has 1 aromatic rings. The van der Waals surface area contributed by atoms with Gasteiger partial charge in [-0.3, -0.25) is 0 Å². The van der Waals surface area contributed by atoms with Crippen molar-refractivity contribution in [1.29, 1.82) is 0 Å². The van der Waals surface area contributed by atoms with Crippen molar-refractivity contribution in [3.05, 3.63) is 23.8 Å².